The van der Waals surface area contributed by atoms with Crippen LogP contribution in [-0.4, -0.2) is 60.4 Å². The lowest BCUT2D eigenvalue weighted by molar-refractivity contribution is -0.137. The number of hydrazone groups is 1. The van der Waals surface area contributed by atoms with Crippen molar-refractivity contribution < 1.29 is 18.0 Å². The van der Waals surface area contributed by atoms with Crippen LogP contribution in [0.5, 0.6) is 0 Å². The first-order chi connectivity index (χ1) is 15.7. The Morgan fingerprint density at radius 2 is 1.88 bits per heavy atom. The minimum atomic E-state index is -4.44. The molecule has 7 nitrogen and oxygen atoms in total. The lowest BCUT2D eigenvalue weighted by Gasteiger charge is -2.42. The number of para-hydroxylation sites is 1. The first-order valence-corrected chi connectivity index (χ1v) is 10.7. The quantitative estimate of drug-likeness (QED) is 0.543. The Bertz CT molecular complexity index is 1070. The number of piperazine rings is 1. The number of anilines is 2. The molecule has 2 saturated heterocycles. The van der Waals surface area contributed by atoms with Crippen molar-refractivity contribution >= 4 is 29.8 Å². The van der Waals surface area contributed by atoms with Crippen LogP contribution in [0.3, 0.4) is 0 Å². The minimum absolute atomic E-state index is 0.0936. The Morgan fingerprint density at radius 1 is 1.21 bits per heavy atom. The van der Waals surface area contributed by atoms with Gasteiger partial charge in [0.05, 0.1) is 23.0 Å². The molecule has 0 saturated carbocycles. The average Bonchev–Trinajstić information content (AvgIpc) is 3.05. The van der Waals surface area contributed by atoms with Crippen molar-refractivity contribution in [1.29, 1.82) is 5.41 Å². The second-order valence-corrected chi connectivity index (χ2v) is 8.33. The van der Waals surface area contributed by atoms with Crippen LogP contribution in [0.1, 0.15) is 34.5 Å². The van der Waals surface area contributed by atoms with Crippen molar-refractivity contribution in [2.45, 2.75) is 38.0 Å². The van der Waals surface area contributed by atoms with E-state index in [0.29, 0.717) is 35.9 Å². The summed E-state index contributed by atoms with van der Waals surface area (Å²) in [5.41, 5.74) is 0.721. The summed E-state index contributed by atoms with van der Waals surface area (Å²) in [6.45, 7) is 2.39. The van der Waals surface area contributed by atoms with Gasteiger partial charge in [0.1, 0.15) is 5.82 Å². The summed E-state index contributed by atoms with van der Waals surface area (Å²) in [5.74, 6) is 0.176. The molecule has 33 heavy (non-hydrogen) atoms. The molecule has 2 bridgehead atoms. The van der Waals surface area contributed by atoms with Gasteiger partial charge < -0.3 is 15.2 Å². The highest BCUT2D eigenvalue weighted by atomic mass is 19.4. The van der Waals surface area contributed by atoms with Crippen molar-refractivity contribution in [1.82, 2.24) is 9.88 Å². The molecule has 0 aliphatic carbocycles. The van der Waals surface area contributed by atoms with E-state index in [4.69, 9.17) is 5.41 Å². The van der Waals surface area contributed by atoms with Crippen molar-refractivity contribution in [3.05, 3.63) is 53.2 Å². The number of nitrogens with one attached hydrogen (secondary N) is 1. The van der Waals surface area contributed by atoms with Crippen LogP contribution in [0.4, 0.5) is 24.7 Å². The highest BCUT2D eigenvalue weighted by Crippen LogP contribution is 2.38. The Labute approximate surface area is 190 Å². The third-order valence-electron chi connectivity index (χ3n) is 6.10. The first-order valence-electron chi connectivity index (χ1n) is 10.7. The van der Waals surface area contributed by atoms with Crippen LogP contribution in [0, 0.1) is 12.3 Å². The Balaban J connectivity index is 1.58. The number of aryl methyl sites for hydroxylation is 1. The number of nitrogens with zero attached hydrogens (tertiary/aromatic N) is 5. The number of hydrogen-bond acceptors (Lipinski definition) is 6. The summed E-state index contributed by atoms with van der Waals surface area (Å²) in [4.78, 5) is 21.5. The van der Waals surface area contributed by atoms with E-state index in [1.54, 1.807) is 42.1 Å². The van der Waals surface area contributed by atoms with Gasteiger partial charge in [0.15, 0.2) is 0 Å². The number of likely N-dealkylation sites (tertiary alicyclic amines) is 1. The van der Waals surface area contributed by atoms with Crippen molar-refractivity contribution in [3.8, 4) is 0 Å². The molecule has 174 valence electrons. The largest absolute Gasteiger partial charge is 0.416 e. The lowest BCUT2D eigenvalue weighted by Crippen LogP contribution is -2.56. The van der Waals surface area contributed by atoms with E-state index in [1.165, 1.54) is 6.21 Å². The summed E-state index contributed by atoms with van der Waals surface area (Å²) in [5, 5.41) is 12.8. The molecule has 2 aliphatic heterocycles. The molecule has 10 heteroatoms. The summed E-state index contributed by atoms with van der Waals surface area (Å²) < 4.78 is 40.0. The standard InChI is InChI=1S/C23H25F3N6O/c1-15-11-16(23(24,25)26)12-21(29-15)32-17-7-8-18(32)14-31(13-17)22(33)19-5-3-4-6-20(19)30(2)28-10-9-27/h3-6,9-12,17-18,27H,7-8,13-14H2,1-2H3/b27-9?,28-10-. The molecule has 1 N–H and O–H groups in total. The topological polar surface area (TPSA) is 75.9 Å². The lowest BCUT2D eigenvalue weighted by atomic mass is 10.1. The number of carbonyl (C=O) groups is 1. The van der Waals surface area contributed by atoms with E-state index < -0.39 is 11.7 Å². The second-order valence-electron chi connectivity index (χ2n) is 8.33. The van der Waals surface area contributed by atoms with E-state index in [0.717, 1.165) is 31.2 Å². The molecule has 1 amide bonds. The average molecular weight is 458 g/mol. The minimum Gasteiger partial charge on any atom is -0.347 e. The van der Waals surface area contributed by atoms with Crippen LogP contribution in [0.2, 0.25) is 0 Å². The van der Waals surface area contributed by atoms with Gasteiger partial charge in [-0.05, 0) is 44.0 Å². The van der Waals surface area contributed by atoms with Crippen molar-refractivity contribution in [2.75, 3.05) is 30.0 Å². The summed E-state index contributed by atoms with van der Waals surface area (Å²) in [6.07, 6.45) is -0.478. The van der Waals surface area contributed by atoms with Gasteiger partial charge >= 0.3 is 6.18 Å². The van der Waals surface area contributed by atoms with E-state index in [-0.39, 0.29) is 18.0 Å². The predicted octanol–water partition coefficient (Wildman–Crippen LogP) is 3.97. The highest BCUT2D eigenvalue weighted by Gasteiger charge is 2.43. The number of carbonyl (C=O) groups excluding carboxylic acids is 1. The number of fused-ring (bicyclic) bond motifs is 2. The Kier molecular flexibility index (Phi) is 6.09. The van der Waals surface area contributed by atoms with E-state index in [9.17, 15) is 18.0 Å². The fraction of sp³-hybridized carbons (Fsp3) is 0.391. The molecule has 0 radical (unpaired) electrons. The molecule has 2 aromatic rings. The zero-order chi connectivity index (χ0) is 23.8. The fourth-order valence-electron chi connectivity index (χ4n) is 4.69. The third-order valence-corrected chi connectivity index (χ3v) is 6.10. The van der Waals surface area contributed by atoms with Crippen molar-refractivity contribution in [2.24, 2.45) is 5.10 Å². The zero-order valence-electron chi connectivity index (χ0n) is 18.4. The molecule has 3 heterocycles. The predicted molar refractivity (Wildman–Crippen MR) is 121 cm³/mol. The van der Waals surface area contributed by atoms with Gasteiger partial charge in [-0.15, -0.1) is 0 Å². The number of amides is 1. The molecule has 1 aromatic carbocycles. The van der Waals surface area contributed by atoms with Gasteiger partial charge in [-0.2, -0.15) is 18.3 Å². The van der Waals surface area contributed by atoms with Crippen LogP contribution < -0.4 is 9.91 Å². The maximum absolute atomic E-state index is 13.4. The number of hydrogen-bond donors (Lipinski definition) is 1. The van der Waals surface area contributed by atoms with Gasteiger partial charge in [-0.1, -0.05) is 12.1 Å². The summed E-state index contributed by atoms with van der Waals surface area (Å²) in [6, 6.07) is 9.10. The molecule has 4 rings (SSSR count). The van der Waals surface area contributed by atoms with Gasteiger partial charge in [0.25, 0.3) is 5.91 Å². The Hall–Kier alpha value is -3.43. The van der Waals surface area contributed by atoms with E-state index in [2.05, 4.69) is 10.1 Å². The fourth-order valence-corrected chi connectivity index (χ4v) is 4.69. The smallest absolute Gasteiger partial charge is 0.347 e. The van der Waals surface area contributed by atoms with E-state index >= 15 is 0 Å². The molecule has 2 fully saturated rings. The van der Waals surface area contributed by atoms with Gasteiger partial charge in [-0.25, -0.2) is 4.98 Å². The third kappa shape index (κ3) is 4.55. The first kappa shape index (κ1) is 22.8. The maximum atomic E-state index is 13.4. The summed E-state index contributed by atoms with van der Waals surface area (Å²) >= 11 is 0. The number of alkyl halides is 3. The van der Waals surface area contributed by atoms with Gasteiger partial charge in [0, 0.05) is 44.1 Å². The normalized spacial score (nSPS) is 20.4. The maximum Gasteiger partial charge on any atom is 0.416 e. The van der Waals surface area contributed by atoms with Crippen LogP contribution in [0.15, 0.2) is 41.5 Å². The molecule has 1 aromatic heterocycles. The van der Waals surface area contributed by atoms with Gasteiger partial charge in [0.2, 0.25) is 0 Å². The second kappa shape index (κ2) is 8.84. The van der Waals surface area contributed by atoms with Crippen LogP contribution in [-0.2, 0) is 6.18 Å². The molecule has 2 aliphatic rings. The molecular formula is C23H25F3N6O. The van der Waals surface area contributed by atoms with Gasteiger partial charge in [-0.3, -0.25) is 9.80 Å². The number of benzene rings is 1. The zero-order valence-corrected chi connectivity index (χ0v) is 18.4. The van der Waals surface area contributed by atoms with Crippen LogP contribution in [0.25, 0.3) is 0 Å². The number of rotatable bonds is 5. The molecular weight excluding hydrogens is 433 g/mol. The molecule has 2 unspecified atom stereocenters. The molecule has 0 spiro atoms. The number of aromatic nitrogens is 1. The molecule has 2 atom stereocenters. The van der Waals surface area contributed by atoms with E-state index in [1.807, 2.05) is 11.0 Å². The van der Waals surface area contributed by atoms with Crippen molar-refractivity contribution in [3.63, 3.8) is 0 Å². The van der Waals surface area contributed by atoms with Crippen LogP contribution >= 0.6 is 0 Å². The summed E-state index contributed by atoms with van der Waals surface area (Å²) in [7, 11) is 1.70. The number of pyridine rings is 1. The monoisotopic (exact) mass is 458 g/mol. The highest BCUT2D eigenvalue weighted by molar-refractivity contribution is 6.14. The Morgan fingerprint density at radius 3 is 2.52 bits per heavy atom. The number of halogens is 3. The SMILES string of the molecule is Cc1cc(C(F)(F)F)cc(N2C3CCC2CN(C(=O)c2ccccc2N(C)/N=C\C=N)C3)n1.